The van der Waals surface area contributed by atoms with Crippen LogP contribution in [0, 0.1) is 11.8 Å². The summed E-state index contributed by atoms with van der Waals surface area (Å²) in [6.07, 6.45) is 3.54. The van der Waals surface area contributed by atoms with Crippen LogP contribution >= 0.6 is 0 Å². The van der Waals surface area contributed by atoms with Gasteiger partial charge in [-0.3, -0.25) is 4.98 Å². The van der Waals surface area contributed by atoms with E-state index >= 15 is 0 Å². The smallest absolute Gasteiger partial charge is 0.0555 e. The van der Waals surface area contributed by atoms with Crippen LogP contribution < -0.4 is 5.73 Å². The lowest BCUT2D eigenvalue weighted by Gasteiger charge is -2.03. The van der Waals surface area contributed by atoms with E-state index in [1.165, 1.54) is 0 Å². The number of pyridine rings is 1. The van der Waals surface area contributed by atoms with E-state index < -0.39 is 0 Å². The zero-order valence-electron chi connectivity index (χ0n) is 8.85. The molecule has 0 unspecified atom stereocenters. The Balaban J connectivity index is 2.49. The van der Waals surface area contributed by atoms with Crippen LogP contribution in [0.4, 0.5) is 0 Å². The lowest BCUT2D eigenvalue weighted by Crippen LogP contribution is -1.93. The second-order valence-corrected chi connectivity index (χ2v) is 3.29. The maximum absolute atomic E-state index is 5.37. The van der Waals surface area contributed by atoms with Crippen molar-refractivity contribution in [2.75, 3.05) is 6.54 Å². The van der Waals surface area contributed by atoms with Crippen molar-refractivity contribution in [1.29, 1.82) is 0 Å². The number of rotatable bonds is 1. The average Bonchev–Trinajstić information content (AvgIpc) is 2.38. The summed E-state index contributed by atoms with van der Waals surface area (Å²) >= 11 is 0. The molecule has 2 aromatic rings. The first-order valence-corrected chi connectivity index (χ1v) is 5.10. The summed E-state index contributed by atoms with van der Waals surface area (Å²) in [7, 11) is 0. The Morgan fingerprint density at radius 1 is 1.12 bits per heavy atom. The normalized spacial score (nSPS) is 9.31. The van der Waals surface area contributed by atoms with Gasteiger partial charge in [0.1, 0.15) is 0 Å². The molecule has 2 rings (SSSR count). The van der Waals surface area contributed by atoms with Crippen molar-refractivity contribution < 1.29 is 0 Å². The molecule has 16 heavy (non-hydrogen) atoms. The Hall–Kier alpha value is -2.11. The molecule has 0 amide bonds. The highest BCUT2D eigenvalue weighted by molar-refractivity contribution is 5.70. The van der Waals surface area contributed by atoms with Gasteiger partial charge in [-0.15, -0.1) is 0 Å². The first-order valence-electron chi connectivity index (χ1n) is 5.10. The molecule has 0 aliphatic heterocycles. The fourth-order valence-electron chi connectivity index (χ4n) is 1.51. The van der Waals surface area contributed by atoms with Gasteiger partial charge in [0.15, 0.2) is 0 Å². The van der Waals surface area contributed by atoms with Gasteiger partial charge in [0.2, 0.25) is 0 Å². The highest BCUT2D eigenvalue weighted by Crippen LogP contribution is 2.21. The average molecular weight is 208 g/mol. The first-order chi connectivity index (χ1) is 7.92. The van der Waals surface area contributed by atoms with E-state index in [1.54, 1.807) is 12.4 Å². The Labute approximate surface area is 95.1 Å². The number of nitrogens with zero attached hydrogens (tertiary/aromatic N) is 1. The molecule has 0 atom stereocenters. The van der Waals surface area contributed by atoms with Gasteiger partial charge in [0, 0.05) is 18.0 Å². The summed E-state index contributed by atoms with van der Waals surface area (Å²) < 4.78 is 0. The van der Waals surface area contributed by atoms with Crippen LogP contribution in [0.25, 0.3) is 11.1 Å². The molecule has 2 nitrogen and oxygen atoms in total. The lowest BCUT2D eigenvalue weighted by atomic mass is 10.0. The maximum atomic E-state index is 5.37. The molecule has 0 aliphatic rings. The van der Waals surface area contributed by atoms with Crippen molar-refractivity contribution in [2.45, 2.75) is 0 Å². The summed E-state index contributed by atoms with van der Waals surface area (Å²) in [6.45, 7) is 0.364. The SMILES string of the molecule is NCC#Cc1cnccc1-c1ccccc1. The molecule has 0 spiro atoms. The van der Waals surface area contributed by atoms with E-state index in [9.17, 15) is 0 Å². The molecule has 2 heteroatoms. The van der Waals surface area contributed by atoms with E-state index in [-0.39, 0.29) is 0 Å². The molecule has 0 saturated heterocycles. The predicted molar refractivity (Wildman–Crippen MR) is 65.6 cm³/mol. The zero-order chi connectivity index (χ0) is 11.2. The van der Waals surface area contributed by atoms with Crippen LogP contribution in [0.5, 0.6) is 0 Å². The Morgan fingerprint density at radius 2 is 1.94 bits per heavy atom. The minimum absolute atomic E-state index is 0.364. The van der Waals surface area contributed by atoms with Crippen LogP contribution in [0.2, 0.25) is 0 Å². The van der Waals surface area contributed by atoms with Gasteiger partial charge in [-0.05, 0) is 11.6 Å². The number of hydrogen-bond acceptors (Lipinski definition) is 2. The highest BCUT2D eigenvalue weighted by atomic mass is 14.6. The van der Waals surface area contributed by atoms with Gasteiger partial charge in [-0.1, -0.05) is 42.2 Å². The van der Waals surface area contributed by atoms with Crippen LogP contribution in [0.1, 0.15) is 5.56 Å². The largest absolute Gasteiger partial charge is 0.320 e. The molecular formula is C14H12N2. The molecular weight excluding hydrogens is 196 g/mol. The molecule has 0 saturated carbocycles. The minimum atomic E-state index is 0.364. The van der Waals surface area contributed by atoms with Gasteiger partial charge in [-0.25, -0.2) is 0 Å². The van der Waals surface area contributed by atoms with Crippen molar-refractivity contribution in [2.24, 2.45) is 5.73 Å². The lowest BCUT2D eigenvalue weighted by molar-refractivity contribution is 1.29. The van der Waals surface area contributed by atoms with Crippen molar-refractivity contribution in [3.05, 3.63) is 54.4 Å². The Bertz CT molecular complexity index is 521. The van der Waals surface area contributed by atoms with Crippen molar-refractivity contribution in [3.8, 4) is 23.0 Å². The molecule has 2 N–H and O–H groups in total. The number of benzene rings is 1. The molecule has 0 fully saturated rings. The Kier molecular flexibility index (Phi) is 3.32. The number of aromatic nitrogens is 1. The predicted octanol–water partition coefficient (Wildman–Crippen LogP) is 2.06. The summed E-state index contributed by atoms with van der Waals surface area (Å²) in [5.74, 6) is 5.89. The van der Waals surface area contributed by atoms with Crippen molar-refractivity contribution >= 4 is 0 Å². The van der Waals surface area contributed by atoms with Gasteiger partial charge >= 0.3 is 0 Å². The maximum Gasteiger partial charge on any atom is 0.0555 e. The summed E-state index contributed by atoms with van der Waals surface area (Å²) in [4.78, 5) is 4.08. The monoisotopic (exact) mass is 208 g/mol. The summed E-state index contributed by atoms with van der Waals surface area (Å²) in [5, 5.41) is 0. The molecule has 0 aliphatic carbocycles. The third-order valence-corrected chi connectivity index (χ3v) is 2.23. The van der Waals surface area contributed by atoms with E-state index in [4.69, 9.17) is 5.73 Å². The van der Waals surface area contributed by atoms with E-state index in [0.29, 0.717) is 6.54 Å². The van der Waals surface area contributed by atoms with Crippen LogP contribution in [-0.4, -0.2) is 11.5 Å². The zero-order valence-corrected chi connectivity index (χ0v) is 8.85. The molecule has 0 radical (unpaired) electrons. The van der Waals surface area contributed by atoms with E-state index in [1.807, 2.05) is 24.3 Å². The van der Waals surface area contributed by atoms with E-state index in [2.05, 4.69) is 29.0 Å². The topological polar surface area (TPSA) is 38.9 Å². The molecule has 1 aromatic heterocycles. The van der Waals surface area contributed by atoms with Crippen LogP contribution in [0.15, 0.2) is 48.8 Å². The second-order valence-electron chi connectivity index (χ2n) is 3.29. The minimum Gasteiger partial charge on any atom is -0.320 e. The first kappa shape index (κ1) is 10.4. The number of hydrogen-bond donors (Lipinski definition) is 1. The van der Waals surface area contributed by atoms with Gasteiger partial charge in [0.05, 0.1) is 12.1 Å². The summed E-state index contributed by atoms with van der Waals surface area (Å²) in [6, 6.07) is 12.1. The molecule has 0 bridgehead atoms. The fourth-order valence-corrected chi connectivity index (χ4v) is 1.51. The quantitative estimate of drug-likeness (QED) is 0.728. The molecule has 78 valence electrons. The van der Waals surface area contributed by atoms with Crippen molar-refractivity contribution in [1.82, 2.24) is 4.98 Å². The van der Waals surface area contributed by atoms with Gasteiger partial charge in [0.25, 0.3) is 0 Å². The second kappa shape index (κ2) is 5.11. The third-order valence-electron chi connectivity index (χ3n) is 2.23. The Morgan fingerprint density at radius 3 is 2.69 bits per heavy atom. The van der Waals surface area contributed by atoms with E-state index in [0.717, 1.165) is 16.7 Å². The molecule has 1 heterocycles. The van der Waals surface area contributed by atoms with Crippen molar-refractivity contribution in [3.63, 3.8) is 0 Å². The molecule has 1 aromatic carbocycles. The highest BCUT2D eigenvalue weighted by Gasteiger charge is 2.01. The van der Waals surface area contributed by atoms with Gasteiger partial charge in [-0.2, -0.15) is 0 Å². The van der Waals surface area contributed by atoms with Crippen LogP contribution in [-0.2, 0) is 0 Å². The third kappa shape index (κ3) is 2.28. The fraction of sp³-hybridized carbons (Fsp3) is 0.0714. The van der Waals surface area contributed by atoms with Crippen LogP contribution in [0.3, 0.4) is 0 Å². The van der Waals surface area contributed by atoms with Gasteiger partial charge < -0.3 is 5.73 Å². The number of nitrogens with two attached hydrogens (primary N) is 1. The summed E-state index contributed by atoms with van der Waals surface area (Å²) in [5.41, 5.74) is 8.53. The standard InChI is InChI=1S/C14H12N2/c15-9-4-7-13-11-16-10-8-14(13)12-5-2-1-3-6-12/h1-3,5-6,8,10-11H,9,15H2.